The fourth-order valence-corrected chi connectivity index (χ4v) is 3.40. The van der Waals surface area contributed by atoms with Crippen LogP contribution in [0.4, 0.5) is 15.8 Å². The first-order valence-electron chi connectivity index (χ1n) is 11.0. The number of benzene rings is 4. The Hall–Kier alpha value is -3.52. The molecule has 4 aromatic carbocycles. The number of para-hydroxylation sites is 1. The van der Waals surface area contributed by atoms with Gasteiger partial charge in [-0.3, -0.25) is 0 Å². The number of aryl methyl sites for hydroxylation is 1. The molecule has 2 N–H and O–H groups in total. The molecule has 0 atom stereocenters. The number of ether oxygens (including phenoxy) is 2. The van der Waals surface area contributed by atoms with Crippen molar-refractivity contribution < 1.29 is 13.9 Å². The van der Waals surface area contributed by atoms with Crippen LogP contribution in [0.1, 0.15) is 19.9 Å². The fraction of sp³-hybridized carbons (Fsp3) is 0.103. The second kappa shape index (κ2) is 15.6. The number of rotatable bonds is 5. The Morgan fingerprint density at radius 3 is 1.65 bits per heavy atom. The number of anilines is 2. The number of hydrogen-bond donors (Lipinski definition) is 2. The van der Waals surface area contributed by atoms with Gasteiger partial charge in [0.2, 0.25) is 0 Å². The molecule has 0 aliphatic rings. The highest BCUT2D eigenvalue weighted by Crippen LogP contribution is 2.16. The van der Waals surface area contributed by atoms with Crippen LogP contribution in [0.3, 0.4) is 0 Å². The van der Waals surface area contributed by atoms with Crippen LogP contribution in [-0.4, -0.2) is 10.3 Å². The van der Waals surface area contributed by atoms with Crippen LogP contribution in [0.15, 0.2) is 103 Å². The van der Waals surface area contributed by atoms with Gasteiger partial charge < -0.3 is 20.1 Å². The van der Waals surface area contributed by atoms with Gasteiger partial charge >= 0.3 is 0 Å². The Labute approximate surface area is 233 Å². The average molecular weight is 555 g/mol. The second-order valence-electron chi connectivity index (χ2n) is 7.35. The number of halogens is 2. The Balaban J connectivity index is 0.000000255. The molecule has 4 rings (SSSR count). The predicted octanol–water partition coefficient (Wildman–Crippen LogP) is 8.92. The largest absolute Gasteiger partial charge is 0.432 e. The molecule has 0 saturated carbocycles. The molecule has 0 unspecified atom stereocenters. The van der Waals surface area contributed by atoms with E-state index in [1.54, 1.807) is 12.1 Å². The standard InChI is InChI=1S/C15H14FNOS.C13H10ClNOS.CH4/c1-2-11-3-7-13(8-4-11)17-15(19)18-14-9-5-12(16)6-10-14;14-10-6-8-11(9-7-10)15-13(17)16-12-4-2-1-3-5-12;/h3-10H,2H2,1H3,(H,17,19);1-9H,(H,15,17);1H4. The third-order valence-corrected chi connectivity index (χ3v) is 5.30. The van der Waals surface area contributed by atoms with Crippen molar-refractivity contribution in [3.8, 4) is 11.5 Å². The lowest BCUT2D eigenvalue weighted by Gasteiger charge is -2.09. The van der Waals surface area contributed by atoms with Gasteiger partial charge in [0.15, 0.2) is 0 Å². The normalized spacial score (nSPS) is 9.59. The molecule has 37 heavy (non-hydrogen) atoms. The smallest absolute Gasteiger partial charge is 0.266 e. The first-order valence-corrected chi connectivity index (χ1v) is 12.2. The van der Waals surface area contributed by atoms with Gasteiger partial charge in [0.25, 0.3) is 10.3 Å². The van der Waals surface area contributed by atoms with Gasteiger partial charge in [-0.05, 0) is 109 Å². The summed E-state index contributed by atoms with van der Waals surface area (Å²) in [5, 5.41) is 7.16. The van der Waals surface area contributed by atoms with Gasteiger partial charge in [0.05, 0.1) is 0 Å². The highest BCUT2D eigenvalue weighted by molar-refractivity contribution is 7.80. The third-order valence-electron chi connectivity index (χ3n) is 4.68. The monoisotopic (exact) mass is 554 g/mol. The maximum Gasteiger partial charge on any atom is 0.266 e. The van der Waals surface area contributed by atoms with Crippen LogP contribution in [0.2, 0.25) is 5.02 Å². The van der Waals surface area contributed by atoms with Gasteiger partial charge in [0, 0.05) is 16.4 Å². The Morgan fingerprint density at radius 2 is 1.16 bits per heavy atom. The molecule has 0 bridgehead atoms. The van der Waals surface area contributed by atoms with E-state index in [-0.39, 0.29) is 18.4 Å². The molecule has 0 aliphatic heterocycles. The molecule has 0 spiro atoms. The van der Waals surface area contributed by atoms with Crippen molar-refractivity contribution in [1.82, 2.24) is 0 Å². The van der Waals surface area contributed by atoms with Crippen molar-refractivity contribution in [3.05, 3.63) is 120 Å². The van der Waals surface area contributed by atoms with E-state index in [1.165, 1.54) is 29.8 Å². The predicted molar refractivity (Wildman–Crippen MR) is 161 cm³/mol. The summed E-state index contributed by atoms with van der Waals surface area (Å²) in [5.74, 6) is 0.907. The topological polar surface area (TPSA) is 42.5 Å². The highest BCUT2D eigenvalue weighted by atomic mass is 35.5. The first-order chi connectivity index (χ1) is 17.4. The van der Waals surface area contributed by atoms with E-state index in [2.05, 4.69) is 17.6 Å². The van der Waals surface area contributed by atoms with Gasteiger partial charge in [-0.15, -0.1) is 0 Å². The van der Waals surface area contributed by atoms with Crippen molar-refractivity contribution in [3.63, 3.8) is 0 Å². The lowest BCUT2D eigenvalue weighted by Crippen LogP contribution is -2.16. The summed E-state index contributed by atoms with van der Waals surface area (Å²) in [6.45, 7) is 2.10. The lowest BCUT2D eigenvalue weighted by molar-refractivity contribution is 0.557. The summed E-state index contributed by atoms with van der Waals surface area (Å²) in [6.07, 6.45) is 0.997. The summed E-state index contributed by atoms with van der Waals surface area (Å²) in [7, 11) is 0. The Morgan fingerprint density at radius 1 is 0.703 bits per heavy atom. The summed E-state index contributed by atoms with van der Waals surface area (Å²) in [4.78, 5) is 0. The SMILES string of the molecule is C.CCc1ccc(NC(=S)Oc2ccc(F)cc2)cc1.S=C(Nc1ccc(Cl)cc1)Oc1ccccc1. The summed E-state index contributed by atoms with van der Waals surface area (Å²) < 4.78 is 23.6. The Bertz CT molecular complexity index is 1250. The molecule has 0 fully saturated rings. The molecular weight excluding hydrogens is 527 g/mol. The van der Waals surface area contributed by atoms with Gasteiger partial charge in [-0.2, -0.15) is 0 Å². The molecule has 4 nitrogen and oxygen atoms in total. The minimum Gasteiger partial charge on any atom is -0.432 e. The van der Waals surface area contributed by atoms with Crippen LogP contribution in [0.5, 0.6) is 11.5 Å². The van der Waals surface area contributed by atoms with E-state index in [1.807, 2.05) is 66.7 Å². The molecule has 0 aromatic heterocycles. The van der Waals surface area contributed by atoms with Crippen LogP contribution in [0, 0.1) is 5.82 Å². The molecule has 0 aliphatic carbocycles. The minimum atomic E-state index is -0.304. The van der Waals surface area contributed by atoms with Crippen molar-refractivity contribution in [2.45, 2.75) is 20.8 Å². The van der Waals surface area contributed by atoms with Crippen LogP contribution >= 0.6 is 36.0 Å². The quantitative estimate of drug-likeness (QED) is 0.240. The van der Waals surface area contributed by atoms with Crippen LogP contribution in [0.25, 0.3) is 0 Å². The van der Waals surface area contributed by atoms with Gasteiger partial charge in [-0.1, -0.05) is 56.3 Å². The van der Waals surface area contributed by atoms with E-state index in [0.717, 1.165) is 17.8 Å². The van der Waals surface area contributed by atoms with E-state index >= 15 is 0 Å². The maximum atomic E-state index is 12.7. The zero-order chi connectivity index (χ0) is 25.8. The third kappa shape index (κ3) is 11.0. The van der Waals surface area contributed by atoms with Gasteiger partial charge in [-0.25, -0.2) is 4.39 Å². The number of hydrogen-bond acceptors (Lipinski definition) is 4. The van der Waals surface area contributed by atoms with Gasteiger partial charge in [0.1, 0.15) is 17.3 Å². The molecule has 0 radical (unpaired) electrons. The summed E-state index contributed by atoms with van der Waals surface area (Å²) in [5.41, 5.74) is 2.97. The average Bonchev–Trinajstić information content (AvgIpc) is 2.88. The van der Waals surface area contributed by atoms with E-state index in [4.69, 9.17) is 45.5 Å². The maximum absolute atomic E-state index is 12.7. The van der Waals surface area contributed by atoms with E-state index in [0.29, 0.717) is 21.7 Å². The van der Waals surface area contributed by atoms with Crippen molar-refractivity contribution in [1.29, 1.82) is 0 Å². The second-order valence-corrected chi connectivity index (χ2v) is 8.53. The zero-order valence-electron chi connectivity index (χ0n) is 19.4. The first kappa shape index (κ1) is 29.7. The molecule has 8 heteroatoms. The number of thiocarbonyl (C=S) groups is 2. The molecule has 4 aromatic rings. The van der Waals surface area contributed by atoms with E-state index in [9.17, 15) is 4.39 Å². The van der Waals surface area contributed by atoms with Crippen LogP contribution in [-0.2, 0) is 6.42 Å². The Kier molecular flexibility index (Phi) is 12.5. The number of nitrogens with one attached hydrogen (secondary N) is 2. The minimum absolute atomic E-state index is 0. The fourth-order valence-electron chi connectivity index (χ4n) is 2.85. The van der Waals surface area contributed by atoms with Crippen LogP contribution < -0.4 is 20.1 Å². The zero-order valence-corrected chi connectivity index (χ0v) is 21.8. The molecule has 0 heterocycles. The molecule has 192 valence electrons. The molecule has 0 saturated heterocycles. The highest BCUT2D eigenvalue weighted by Gasteiger charge is 2.02. The molecular formula is C29H28ClFN2O2S2. The van der Waals surface area contributed by atoms with E-state index < -0.39 is 0 Å². The van der Waals surface area contributed by atoms with Crippen molar-refractivity contribution in [2.75, 3.05) is 10.6 Å². The molecule has 0 amide bonds. The lowest BCUT2D eigenvalue weighted by atomic mass is 10.1. The van der Waals surface area contributed by atoms with Crippen molar-refractivity contribution >= 4 is 57.8 Å². The summed E-state index contributed by atoms with van der Waals surface area (Å²) in [6, 6.07) is 30.3. The van der Waals surface area contributed by atoms with Crippen molar-refractivity contribution in [2.24, 2.45) is 0 Å². The summed E-state index contributed by atoms with van der Waals surface area (Å²) >= 11 is 16.0.